The Balaban J connectivity index is 1.92. The fraction of sp³-hybridized carbons (Fsp3) is 0.0667. The highest BCUT2D eigenvalue weighted by Crippen LogP contribution is 2.16. The molecule has 0 aliphatic heterocycles. The van der Waals surface area contributed by atoms with Crippen LogP contribution in [0.5, 0.6) is 5.75 Å². The number of benzene rings is 2. The molecule has 2 rings (SSSR count). The van der Waals surface area contributed by atoms with Gasteiger partial charge in [0.1, 0.15) is 17.6 Å². The quantitative estimate of drug-likeness (QED) is 0.904. The Hall–Kier alpha value is -3.07. The highest BCUT2D eigenvalue weighted by atomic mass is 19.1. The van der Waals surface area contributed by atoms with E-state index in [4.69, 9.17) is 10.00 Å². The van der Waals surface area contributed by atoms with E-state index in [9.17, 15) is 9.18 Å². The number of hydrogen-bond acceptors (Lipinski definition) is 3. The zero-order chi connectivity index (χ0) is 15.1. The van der Waals surface area contributed by atoms with Crippen molar-refractivity contribution in [3.8, 4) is 11.8 Å². The third-order valence-corrected chi connectivity index (χ3v) is 2.50. The Labute approximate surface area is 121 Å². The van der Waals surface area contributed by atoms with Crippen LogP contribution in [-0.4, -0.2) is 12.6 Å². The standard InChI is InChI=1S/C15H12FN3O2/c16-11-2-1-3-13(10-11)19-15(20)18-12-4-6-14(7-5-12)21-9-8-17/h1-7,10H,9H2,(H2,18,19,20). The van der Waals surface area contributed by atoms with Gasteiger partial charge in [-0.1, -0.05) is 6.07 Å². The minimum Gasteiger partial charge on any atom is -0.479 e. The number of carbonyl (C=O) groups excluding carboxylic acids is 1. The number of halogens is 1. The van der Waals surface area contributed by atoms with Crippen molar-refractivity contribution in [3.63, 3.8) is 0 Å². The first kappa shape index (κ1) is 14.3. The molecule has 0 bridgehead atoms. The number of nitriles is 1. The summed E-state index contributed by atoms with van der Waals surface area (Å²) in [6.45, 7) is -0.0349. The van der Waals surface area contributed by atoms with Crippen molar-refractivity contribution in [2.24, 2.45) is 0 Å². The van der Waals surface area contributed by atoms with Crippen LogP contribution in [0.4, 0.5) is 20.6 Å². The molecule has 21 heavy (non-hydrogen) atoms. The van der Waals surface area contributed by atoms with Crippen molar-refractivity contribution in [1.82, 2.24) is 0 Å². The van der Waals surface area contributed by atoms with Gasteiger partial charge >= 0.3 is 6.03 Å². The van der Waals surface area contributed by atoms with Gasteiger partial charge in [0.2, 0.25) is 0 Å². The smallest absolute Gasteiger partial charge is 0.323 e. The van der Waals surface area contributed by atoms with Gasteiger partial charge in [0.15, 0.2) is 6.61 Å². The van der Waals surface area contributed by atoms with E-state index in [1.165, 1.54) is 18.2 Å². The van der Waals surface area contributed by atoms with E-state index in [2.05, 4.69) is 10.6 Å². The van der Waals surface area contributed by atoms with Crippen LogP contribution in [0.1, 0.15) is 0 Å². The van der Waals surface area contributed by atoms with Crippen LogP contribution in [0.15, 0.2) is 48.5 Å². The van der Waals surface area contributed by atoms with Crippen molar-refractivity contribution in [1.29, 1.82) is 5.26 Å². The molecule has 2 N–H and O–H groups in total. The van der Waals surface area contributed by atoms with Crippen molar-refractivity contribution in [3.05, 3.63) is 54.3 Å². The summed E-state index contributed by atoms with van der Waals surface area (Å²) in [6.07, 6.45) is 0. The normalized spacial score (nSPS) is 9.52. The van der Waals surface area contributed by atoms with E-state index >= 15 is 0 Å². The van der Waals surface area contributed by atoms with E-state index < -0.39 is 11.8 Å². The average Bonchev–Trinajstić information content (AvgIpc) is 2.46. The SMILES string of the molecule is N#CCOc1ccc(NC(=O)Nc2cccc(F)c2)cc1. The van der Waals surface area contributed by atoms with Crippen LogP contribution in [0, 0.1) is 17.1 Å². The maximum absolute atomic E-state index is 13.0. The number of urea groups is 1. The first-order chi connectivity index (χ1) is 10.2. The molecule has 0 atom stereocenters. The summed E-state index contributed by atoms with van der Waals surface area (Å²) in [5, 5.41) is 13.5. The van der Waals surface area contributed by atoms with Gasteiger partial charge in [-0.2, -0.15) is 5.26 Å². The molecule has 0 saturated heterocycles. The van der Waals surface area contributed by atoms with Crippen LogP contribution in [0.3, 0.4) is 0 Å². The van der Waals surface area contributed by atoms with Crippen molar-refractivity contribution >= 4 is 17.4 Å². The average molecular weight is 285 g/mol. The summed E-state index contributed by atoms with van der Waals surface area (Å²) in [5.41, 5.74) is 0.912. The largest absolute Gasteiger partial charge is 0.479 e. The lowest BCUT2D eigenvalue weighted by Crippen LogP contribution is -2.19. The van der Waals surface area contributed by atoms with E-state index in [-0.39, 0.29) is 6.61 Å². The van der Waals surface area contributed by atoms with Gasteiger partial charge in [-0.15, -0.1) is 0 Å². The first-order valence-electron chi connectivity index (χ1n) is 6.11. The number of anilines is 2. The van der Waals surface area contributed by atoms with Crippen LogP contribution in [0.2, 0.25) is 0 Å². The topological polar surface area (TPSA) is 74.1 Å². The number of carbonyl (C=O) groups is 1. The van der Waals surface area contributed by atoms with Gasteiger partial charge in [-0.05, 0) is 42.5 Å². The Morgan fingerprint density at radius 3 is 2.52 bits per heavy atom. The van der Waals surface area contributed by atoms with Gasteiger partial charge in [-0.3, -0.25) is 0 Å². The predicted molar refractivity (Wildman–Crippen MR) is 76.6 cm³/mol. The molecular formula is C15H12FN3O2. The molecule has 2 aromatic carbocycles. The van der Waals surface area contributed by atoms with Gasteiger partial charge in [-0.25, -0.2) is 9.18 Å². The predicted octanol–water partition coefficient (Wildman–Crippen LogP) is 3.37. The van der Waals surface area contributed by atoms with Crippen LogP contribution >= 0.6 is 0 Å². The van der Waals surface area contributed by atoms with Crippen molar-refractivity contribution < 1.29 is 13.9 Å². The molecule has 0 heterocycles. The lowest BCUT2D eigenvalue weighted by Gasteiger charge is -2.08. The summed E-state index contributed by atoms with van der Waals surface area (Å²) in [6, 6.07) is 13.5. The first-order valence-corrected chi connectivity index (χ1v) is 6.11. The third kappa shape index (κ3) is 4.51. The molecule has 0 radical (unpaired) electrons. The summed E-state index contributed by atoms with van der Waals surface area (Å²) in [4.78, 5) is 11.7. The number of nitrogens with one attached hydrogen (secondary N) is 2. The summed E-state index contributed by atoms with van der Waals surface area (Å²) >= 11 is 0. The minimum atomic E-state index is -0.480. The molecule has 106 valence electrons. The Morgan fingerprint density at radius 1 is 1.14 bits per heavy atom. The van der Waals surface area contributed by atoms with Gasteiger partial charge < -0.3 is 15.4 Å². The van der Waals surface area contributed by atoms with Crippen molar-refractivity contribution in [2.75, 3.05) is 17.2 Å². The Morgan fingerprint density at radius 2 is 1.86 bits per heavy atom. The lowest BCUT2D eigenvalue weighted by molar-refractivity contribution is 0.262. The fourth-order valence-corrected chi connectivity index (χ4v) is 1.61. The molecular weight excluding hydrogens is 273 g/mol. The number of nitrogens with zero attached hydrogens (tertiary/aromatic N) is 1. The second-order valence-electron chi connectivity index (χ2n) is 4.06. The summed E-state index contributed by atoms with van der Waals surface area (Å²) in [5.74, 6) is 0.111. The summed E-state index contributed by atoms with van der Waals surface area (Å²) < 4.78 is 18.1. The van der Waals surface area contributed by atoms with Gasteiger partial charge in [0.25, 0.3) is 0 Å². The number of amides is 2. The number of hydrogen-bond donors (Lipinski definition) is 2. The summed E-state index contributed by atoms with van der Waals surface area (Å²) in [7, 11) is 0. The van der Waals surface area contributed by atoms with Crippen molar-refractivity contribution in [2.45, 2.75) is 0 Å². The molecule has 5 nitrogen and oxygen atoms in total. The van der Waals surface area contributed by atoms with E-state index in [0.29, 0.717) is 17.1 Å². The maximum atomic E-state index is 13.0. The second kappa shape index (κ2) is 6.91. The molecule has 6 heteroatoms. The van der Waals surface area contributed by atoms with Crippen LogP contribution in [0.25, 0.3) is 0 Å². The second-order valence-corrected chi connectivity index (χ2v) is 4.06. The highest BCUT2D eigenvalue weighted by Gasteiger charge is 2.03. The third-order valence-electron chi connectivity index (χ3n) is 2.50. The van der Waals surface area contributed by atoms with E-state index in [1.54, 1.807) is 30.3 Å². The monoisotopic (exact) mass is 285 g/mol. The van der Waals surface area contributed by atoms with Gasteiger partial charge in [0.05, 0.1) is 0 Å². The van der Waals surface area contributed by atoms with Crippen LogP contribution in [-0.2, 0) is 0 Å². The zero-order valence-electron chi connectivity index (χ0n) is 11.0. The van der Waals surface area contributed by atoms with Gasteiger partial charge in [0, 0.05) is 11.4 Å². The van der Waals surface area contributed by atoms with Crippen LogP contribution < -0.4 is 15.4 Å². The molecule has 0 aliphatic rings. The van der Waals surface area contributed by atoms with E-state index in [1.807, 2.05) is 6.07 Å². The molecule has 0 spiro atoms. The molecule has 2 amide bonds. The number of ether oxygens (including phenoxy) is 1. The Kier molecular flexibility index (Phi) is 4.72. The van der Waals surface area contributed by atoms with E-state index in [0.717, 1.165) is 0 Å². The molecule has 0 unspecified atom stereocenters. The molecule has 0 aliphatic carbocycles. The Bertz CT molecular complexity index is 665. The number of rotatable bonds is 4. The molecule has 0 aromatic heterocycles. The molecule has 0 fully saturated rings. The maximum Gasteiger partial charge on any atom is 0.323 e. The molecule has 0 saturated carbocycles. The fourth-order valence-electron chi connectivity index (χ4n) is 1.61. The minimum absolute atomic E-state index is 0.0349. The zero-order valence-corrected chi connectivity index (χ0v) is 11.0. The lowest BCUT2D eigenvalue weighted by atomic mass is 10.3. The highest BCUT2D eigenvalue weighted by molar-refractivity contribution is 5.99. The molecule has 2 aromatic rings.